The first kappa shape index (κ1) is 43.2. The molecule has 0 aromatic carbocycles. The van der Waals surface area contributed by atoms with Gasteiger partial charge in [0.15, 0.2) is 0 Å². The minimum Gasteiger partial charge on any atom is -0.481 e. The highest BCUT2D eigenvalue weighted by Gasteiger charge is 2.45. The second kappa shape index (κ2) is 20.1. The monoisotopic (exact) mass is 790 g/mol. The van der Waals surface area contributed by atoms with Crippen molar-refractivity contribution in [3.05, 3.63) is 10.1 Å². The quantitative estimate of drug-likeness (QED) is 0.0953. The lowest BCUT2D eigenvalue weighted by molar-refractivity contribution is -0.528. The zero-order valence-corrected chi connectivity index (χ0v) is 34.1. The molecule has 1 amide bonds. The molecule has 0 aromatic heterocycles. The third-order valence-electron chi connectivity index (χ3n) is 15.5. The van der Waals surface area contributed by atoms with Crippen LogP contribution in [0.4, 0.5) is 0 Å². The number of nitrogens with zero attached hydrogens (tertiary/aromatic N) is 1. The molecular formula is C43H71N3O10. The van der Waals surface area contributed by atoms with Crippen molar-refractivity contribution in [1.29, 1.82) is 0 Å². The fourth-order valence-electron chi connectivity index (χ4n) is 11.7. The number of aliphatic carboxylic acids is 2. The molecule has 5 atom stereocenters. The number of ether oxygens (including phenoxy) is 2. The first-order chi connectivity index (χ1) is 26.9. The number of nitrogens with one attached hydrogen (secondary N) is 2. The summed E-state index contributed by atoms with van der Waals surface area (Å²) in [6.07, 6.45) is 22.0. The summed E-state index contributed by atoms with van der Waals surface area (Å²) in [4.78, 5) is 53.3. The van der Waals surface area contributed by atoms with Crippen molar-refractivity contribution >= 4 is 17.8 Å². The van der Waals surface area contributed by atoms with Crippen LogP contribution in [0.15, 0.2) is 0 Å². The molecule has 318 valence electrons. The lowest BCUT2D eigenvalue weighted by atomic mass is 9.60. The van der Waals surface area contributed by atoms with Gasteiger partial charge in [-0.2, -0.15) is 5.48 Å². The zero-order chi connectivity index (χ0) is 39.8. The van der Waals surface area contributed by atoms with Gasteiger partial charge in [0, 0.05) is 29.8 Å². The number of carbonyl (C=O) groups is 3. The molecule has 6 saturated carbocycles. The molecule has 13 heteroatoms. The van der Waals surface area contributed by atoms with Crippen LogP contribution in [0, 0.1) is 51.0 Å². The summed E-state index contributed by atoms with van der Waals surface area (Å²) in [6.45, 7) is 5.47. The van der Waals surface area contributed by atoms with Crippen molar-refractivity contribution in [1.82, 2.24) is 10.8 Å². The van der Waals surface area contributed by atoms with E-state index in [0.717, 1.165) is 103 Å². The highest BCUT2D eigenvalue weighted by Crippen LogP contribution is 2.49. The zero-order valence-electron chi connectivity index (χ0n) is 34.1. The first-order valence-electron chi connectivity index (χ1n) is 22.4. The second-order valence-electron chi connectivity index (χ2n) is 19.2. The SMILES string of the molecule is CC(C)(C1CCC(OC2CCC(NOCC3CCCCC3C(=O)O)CC2)CC1)C1CCC(OC2CCC(NC(=O)C3CC([N+](=O)[O-])CCC3C(=O)O)CC2)CC1. The van der Waals surface area contributed by atoms with Gasteiger partial charge in [-0.05, 0) is 145 Å². The largest absolute Gasteiger partial charge is 0.481 e. The molecule has 13 nitrogen and oxygen atoms in total. The highest BCUT2D eigenvalue weighted by molar-refractivity contribution is 5.85. The molecule has 0 radical (unpaired) electrons. The van der Waals surface area contributed by atoms with E-state index in [9.17, 15) is 34.7 Å². The van der Waals surface area contributed by atoms with Crippen LogP contribution in [0.3, 0.4) is 0 Å². The molecule has 0 bridgehead atoms. The minimum atomic E-state index is -1.05. The van der Waals surface area contributed by atoms with Crippen LogP contribution >= 0.6 is 0 Å². The van der Waals surface area contributed by atoms with Crippen LogP contribution in [0.2, 0.25) is 0 Å². The molecule has 6 aliphatic carbocycles. The average molecular weight is 790 g/mol. The molecule has 6 rings (SSSR count). The average Bonchev–Trinajstić information content (AvgIpc) is 3.19. The number of hydrogen-bond donors (Lipinski definition) is 4. The van der Waals surface area contributed by atoms with Gasteiger partial charge in [-0.1, -0.05) is 26.7 Å². The van der Waals surface area contributed by atoms with Crippen LogP contribution in [0.25, 0.3) is 0 Å². The van der Waals surface area contributed by atoms with Crippen LogP contribution in [0.1, 0.15) is 162 Å². The number of hydrogen-bond acceptors (Lipinski definition) is 9. The Morgan fingerprint density at radius 3 is 1.61 bits per heavy atom. The van der Waals surface area contributed by atoms with Gasteiger partial charge in [0.25, 0.3) is 0 Å². The minimum absolute atomic E-state index is 0.0117. The Bertz CT molecular complexity index is 1300. The van der Waals surface area contributed by atoms with E-state index in [1.807, 2.05) is 0 Å². The molecule has 6 fully saturated rings. The topological polar surface area (TPSA) is 187 Å². The van der Waals surface area contributed by atoms with E-state index in [-0.39, 0.29) is 65.6 Å². The summed E-state index contributed by atoms with van der Waals surface area (Å²) in [5.74, 6) is -2.57. The van der Waals surface area contributed by atoms with Gasteiger partial charge in [0.05, 0.1) is 48.8 Å². The van der Waals surface area contributed by atoms with Crippen molar-refractivity contribution in [2.45, 2.75) is 204 Å². The molecular weight excluding hydrogens is 718 g/mol. The summed E-state index contributed by atoms with van der Waals surface area (Å²) >= 11 is 0. The Morgan fingerprint density at radius 2 is 1.11 bits per heavy atom. The number of carboxylic acids is 2. The highest BCUT2D eigenvalue weighted by atomic mass is 16.6. The number of rotatable bonds is 15. The molecule has 56 heavy (non-hydrogen) atoms. The molecule has 0 aromatic rings. The Hall–Kier alpha value is -2.35. The lowest BCUT2D eigenvalue weighted by Gasteiger charge is -2.47. The van der Waals surface area contributed by atoms with Gasteiger partial charge in [0.1, 0.15) is 0 Å². The van der Waals surface area contributed by atoms with Crippen LogP contribution in [-0.4, -0.2) is 82.1 Å². The van der Waals surface area contributed by atoms with Crippen molar-refractivity contribution < 1.29 is 43.8 Å². The second-order valence-corrected chi connectivity index (χ2v) is 19.2. The third-order valence-corrected chi connectivity index (χ3v) is 15.5. The fraction of sp³-hybridized carbons (Fsp3) is 0.930. The van der Waals surface area contributed by atoms with Crippen LogP contribution < -0.4 is 10.8 Å². The molecule has 5 unspecified atom stereocenters. The number of amides is 1. The fourth-order valence-corrected chi connectivity index (χ4v) is 11.7. The van der Waals surface area contributed by atoms with E-state index >= 15 is 0 Å². The van der Waals surface area contributed by atoms with E-state index in [0.29, 0.717) is 36.7 Å². The Kier molecular flexibility index (Phi) is 15.5. The molecule has 6 aliphatic rings. The summed E-state index contributed by atoms with van der Waals surface area (Å²) in [5, 5.41) is 33.6. The molecule has 0 heterocycles. The maximum absolute atomic E-state index is 13.1. The van der Waals surface area contributed by atoms with Gasteiger partial charge in [0.2, 0.25) is 11.9 Å². The summed E-state index contributed by atoms with van der Waals surface area (Å²) < 4.78 is 13.3. The van der Waals surface area contributed by atoms with Crippen molar-refractivity contribution in [2.75, 3.05) is 6.61 Å². The molecule has 0 saturated heterocycles. The van der Waals surface area contributed by atoms with E-state index in [4.69, 9.17) is 14.3 Å². The summed E-state index contributed by atoms with van der Waals surface area (Å²) in [6, 6.07) is -0.592. The van der Waals surface area contributed by atoms with E-state index in [1.54, 1.807) is 0 Å². The van der Waals surface area contributed by atoms with Gasteiger partial charge >= 0.3 is 11.9 Å². The number of carbonyl (C=O) groups excluding carboxylic acids is 1. The van der Waals surface area contributed by atoms with Gasteiger partial charge in [-0.3, -0.25) is 24.5 Å². The third kappa shape index (κ3) is 11.4. The predicted molar refractivity (Wildman–Crippen MR) is 209 cm³/mol. The number of nitro groups is 1. The maximum Gasteiger partial charge on any atom is 0.307 e. The van der Waals surface area contributed by atoms with Crippen LogP contribution in [-0.2, 0) is 28.7 Å². The van der Waals surface area contributed by atoms with E-state index in [1.165, 1.54) is 25.7 Å². The van der Waals surface area contributed by atoms with Crippen molar-refractivity contribution in [3.63, 3.8) is 0 Å². The van der Waals surface area contributed by atoms with Gasteiger partial charge < -0.3 is 29.8 Å². The van der Waals surface area contributed by atoms with Crippen LogP contribution in [0.5, 0.6) is 0 Å². The molecule has 0 aliphatic heterocycles. The van der Waals surface area contributed by atoms with Gasteiger partial charge in [-0.15, -0.1) is 0 Å². The normalized spacial score (nSPS) is 38.6. The van der Waals surface area contributed by atoms with Crippen molar-refractivity contribution in [3.8, 4) is 0 Å². The number of carboxylic acid groups (broad SMARTS) is 2. The van der Waals surface area contributed by atoms with E-state index < -0.39 is 29.8 Å². The van der Waals surface area contributed by atoms with E-state index in [2.05, 4.69) is 24.6 Å². The molecule has 4 N–H and O–H groups in total. The summed E-state index contributed by atoms with van der Waals surface area (Å²) in [5.41, 5.74) is 3.54. The summed E-state index contributed by atoms with van der Waals surface area (Å²) in [7, 11) is 0. The van der Waals surface area contributed by atoms with Crippen molar-refractivity contribution in [2.24, 2.45) is 40.9 Å². The lowest BCUT2D eigenvalue weighted by Crippen LogP contribution is -2.48. The smallest absolute Gasteiger partial charge is 0.307 e. The Morgan fingerprint density at radius 1 is 0.625 bits per heavy atom. The van der Waals surface area contributed by atoms with Gasteiger partial charge in [-0.25, -0.2) is 0 Å². The standard InChI is InChI=1S/C43H71N3O10/c1-43(2,29-9-18-34(19-10-29)56-36-22-13-31(14-23-36)45-54-26-27-5-3-4-6-37(27)41(48)49)28-7-16-33(17-8-28)55-35-20-11-30(12-21-35)44-40(47)39-25-32(46(52)53)15-24-38(39)42(50)51/h27-39,45H,3-26H2,1-2H3,(H,44,47)(H,48,49)(H,50,51). The first-order valence-corrected chi connectivity index (χ1v) is 22.4. The predicted octanol–water partition coefficient (Wildman–Crippen LogP) is 7.46. The molecule has 0 spiro atoms. The maximum atomic E-state index is 13.1. The Labute approximate surface area is 333 Å². The number of hydroxylamine groups is 1. The Balaban J connectivity index is 0.833.